The molecule has 16 nitrogen and oxygen atoms in total. The van der Waals surface area contributed by atoms with Gasteiger partial charge in [-0.15, -0.1) is 0 Å². The van der Waals surface area contributed by atoms with Crippen molar-refractivity contribution in [3.8, 4) is 0 Å². The van der Waals surface area contributed by atoms with Gasteiger partial charge in [-0.05, 0) is 58.4 Å². The molecule has 1 heterocycles. The summed E-state index contributed by atoms with van der Waals surface area (Å²) in [7, 11) is 0. The summed E-state index contributed by atoms with van der Waals surface area (Å²) < 4.78 is 0. The second kappa shape index (κ2) is 18.7. The van der Waals surface area contributed by atoms with Crippen LogP contribution in [0.3, 0.4) is 0 Å². The third-order valence-corrected chi connectivity index (χ3v) is 5.78. The van der Waals surface area contributed by atoms with Crippen molar-refractivity contribution in [2.45, 2.75) is 89.1 Å². The van der Waals surface area contributed by atoms with Crippen LogP contribution in [-0.4, -0.2) is 106 Å². The van der Waals surface area contributed by atoms with E-state index < -0.39 is 59.9 Å². The maximum Gasteiger partial charge on any atom is 0.326 e. The number of nitrogens with two attached hydrogens (primary N) is 4. The van der Waals surface area contributed by atoms with Crippen LogP contribution in [0, 0.1) is 0 Å². The van der Waals surface area contributed by atoms with Crippen LogP contribution in [0.5, 0.6) is 0 Å². The van der Waals surface area contributed by atoms with Crippen molar-refractivity contribution >= 4 is 35.6 Å². The second-order valence-corrected chi connectivity index (χ2v) is 9.17. The van der Waals surface area contributed by atoms with E-state index in [2.05, 4.69) is 15.6 Å². The van der Waals surface area contributed by atoms with Crippen LogP contribution < -0.4 is 33.6 Å². The van der Waals surface area contributed by atoms with Gasteiger partial charge < -0.3 is 53.8 Å². The molecule has 1 aliphatic rings. The number of likely N-dealkylation sites (tertiary alicyclic amines) is 1. The van der Waals surface area contributed by atoms with Gasteiger partial charge in [0.05, 0.1) is 6.10 Å². The molecule has 1 rings (SSSR count). The Labute approximate surface area is 227 Å². The van der Waals surface area contributed by atoms with Gasteiger partial charge in [0, 0.05) is 20.0 Å². The molecule has 0 radical (unpaired) electrons. The summed E-state index contributed by atoms with van der Waals surface area (Å²) in [6, 6.07) is -4.21. The van der Waals surface area contributed by atoms with Crippen molar-refractivity contribution in [3.63, 3.8) is 0 Å². The van der Waals surface area contributed by atoms with Gasteiger partial charge >= 0.3 is 5.97 Å². The Morgan fingerprint density at radius 2 is 1.62 bits per heavy atom. The Balaban J connectivity index is 0.00000336. The van der Waals surface area contributed by atoms with Gasteiger partial charge in [-0.2, -0.15) is 0 Å². The van der Waals surface area contributed by atoms with Crippen LogP contribution in [0.4, 0.5) is 0 Å². The standard InChI is InChI=1S/C21H40N8O6.C2H4O2/c1-12(30)16(23)18(32)27-13(6-2-3-9-22)19(33)29-11-5-8-15(29)17(31)28-14(20(34)35)7-4-10-26-21(24)25;1-2(3)4/h12-16,30H,2-11,22-23H2,1H3,(H,27,32)(H,28,31)(H,34,35)(H4,24,25,26);1H3,(H,3,4)/t12-,13+,14+,15+,16+;/m1./s1. The predicted molar refractivity (Wildman–Crippen MR) is 142 cm³/mol. The van der Waals surface area contributed by atoms with Gasteiger partial charge in [0.1, 0.15) is 24.2 Å². The Morgan fingerprint density at radius 1 is 1.03 bits per heavy atom. The lowest BCUT2D eigenvalue weighted by molar-refractivity contribution is -0.145. The van der Waals surface area contributed by atoms with Crippen molar-refractivity contribution in [2.24, 2.45) is 27.9 Å². The zero-order chi connectivity index (χ0) is 30.1. The van der Waals surface area contributed by atoms with E-state index >= 15 is 0 Å². The van der Waals surface area contributed by atoms with Gasteiger partial charge in [-0.1, -0.05) is 0 Å². The summed E-state index contributed by atoms with van der Waals surface area (Å²) in [5.74, 6) is -3.89. The van der Waals surface area contributed by atoms with E-state index in [1.807, 2.05) is 0 Å². The molecule has 39 heavy (non-hydrogen) atoms. The highest BCUT2D eigenvalue weighted by Crippen LogP contribution is 2.20. The molecule has 13 N–H and O–H groups in total. The minimum absolute atomic E-state index is 0.105. The van der Waals surface area contributed by atoms with E-state index in [0.29, 0.717) is 38.6 Å². The molecule has 1 aliphatic heterocycles. The fourth-order valence-electron chi connectivity index (χ4n) is 3.77. The first kappa shape index (κ1) is 35.5. The summed E-state index contributed by atoms with van der Waals surface area (Å²) >= 11 is 0. The Morgan fingerprint density at radius 3 is 2.13 bits per heavy atom. The molecular formula is C23H44N8O8. The summed E-state index contributed by atoms with van der Waals surface area (Å²) in [6.07, 6.45) is 1.69. The van der Waals surface area contributed by atoms with E-state index in [9.17, 15) is 29.4 Å². The first-order valence-electron chi connectivity index (χ1n) is 12.8. The summed E-state index contributed by atoms with van der Waals surface area (Å²) in [4.78, 5) is 64.4. The topological polar surface area (TPSA) is 290 Å². The molecule has 0 aliphatic carbocycles. The van der Waals surface area contributed by atoms with E-state index in [1.165, 1.54) is 11.8 Å². The molecule has 0 aromatic heterocycles. The predicted octanol–water partition coefficient (Wildman–Crippen LogP) is -2.99. The number of hydrogen-bond donors (Lipinski definition) is 9. The van der Waals surface area contributed by atoms with Crippen LogP contribution in [0.15, 0.2) is 4.99 Å². The molecule has 0 aromatic carbocycles. The number of aliphatic hydroxyl groups is 1. The molecule has 0 aromatic rings. The number of carbonyl (C=O) groups excluding carboxylic acids is 3. The van der Waals surface area contributed by atoms with Crippen molar-refractivity contribution in [3.05, 3.63) is 0 Å². The number of carboxylic acid groups (broad SMARTS) is 2. The summed E-state index contributed by atoms with van der Waals surface area (Å²) in [6.45, 7) is 3.36. The van der Waals surface area contributed by atoms with Crippen LogP contribution in [0.1, 0.15) is 58.8 Å². The molecule has 224 valence electrons. The molecule has 5 atom stereocenters. The first-order valence-corrected chi connectivity index (χ1v) is 12.8. The number of amides is 3. The molecule has 3 amide bonds. The van der Waals surface area contributed by atoms with Crippen molar-refractivity contribution in [1.29, 1.82) is 0 Å². The van der Waals surface area contributed by atoms with Gasteiger partial charge in [0.15, 0.2) is 5.96 Å². The number of unbranched alkanes of at least 4 members (excludes halogenated alkanes) is 1. The maximum atomic E-state index is 13.3. The largest absolute Gasteiger partial charge is 0.481 e. The third-order valence-electron chi connectivity index (χ3n) is 5.78. The van der Waals surface area contributed by atoms with Crippen LogP contribution in [0.25, 0.3) is 0 Å². The van der Waals surface area contributed by atoms with Crippen LogP contribution in [0.2, 0.25) is 0 Å². The maximum absolute atomic E-state index is 13.3. The molecule has 0 unspecified atom stereocenters. The first-order chi connectivity index (χ1) is 18.2. The Hall–Kier alpha value is -3.50. The van der Waals surface area contributed by atoms with Gasteiger partial charge in [0.2, 0.25) is 17.7 Å². The van der Waals surface area contributed by atoms with Crippen molar-refractivity contribution < 1.29 is 39.3 Å². The minimum Gasteiger partial charge on any atom is -0.481 e. The van der Waals surface area contributed by atoms with Crippen molar-refractivity contribution in [1.82, 2.24) is 15.5 Å². The van der Waals surface area contributed by atoms with E-state index in [1.54, 1.807) is 0 Å². The number of aliphatic imine (C=N–C) groups is 1. The summed E-state index contributed by atoms with van der Waals surface area (Å²) in [5, 5.41) is 31.6. The molecule has 0 bridgehead atoms. The van der Waals surface area contributed by atoms with Crippen LogP contribution in [-0.2, 0) is 24.0 Å². The molecule has 1 fully saturated rings. The average molecular weight is 561 g/mol. The highest BCUT2D eigenvalue weighted by atomic mass is 16.4. The number of nitrogens with zero attached hydrogens (tertiary/aromatic N) is 2. The number of carboxylic acids is 2. The van der Waals surface area contributed by atoms with Crippen LogP contribution >= 0.6 is 0 Å². The average Bonchev–Trinajstić information content (AvgIpc) is 3.33. The zero-order valence-electron chi connectivity index (χ0n) is 22.5. The lowest BCUT2D eigenvalue weighted by Crippen LogP contribution is -2.57. The Bertz CT molecular complexity index is 846. The summed E-state index contributed by atoms with van der Waals surface area (Å²) in [5.41, 5.74) is 21.7. The molecular weight excluding hydrogens is 516 g/mol. The van der Waals surface area contributed by atoms with E-state index in [0.717, 1.165) is 6.92 Å². The number of aliphatic carboxylic acids is 2. The molecule has 0 saturated carbocycles. The monoisotopic (exact) mass is 560 g/mol. The van der Waals surface area contributed by atoms with E-state index in [-0.39, 0.29) is 31.9 Å². The van der Waals surface area contributed by atoms with Crippen molar-refractivity contribution in [2.75, 3.05) is 19.6 Å². The number of nitrogens with one attached hydrogen (secondary N) is 2. The quantitative estimate of drug-likeness (QED) is 0.0550. The second-order valence-electron chi connectivity index (χ2n) is 9.17. The fraction of sp³-hybridized carbons (Fsp3) is 0.739. The lowest BCUT2D eigenvalue weighted by atomic mass is 10.1. The third kappa shape index (κ3) is 14.3. The fourth-order valence-corrected chi connectivity index (χ4v) is 3.77. The van der Waals surface area contributed by atoms with Gasteiger partial charge in [-0.3, -0.25) is 24.2 Å². The van der Waals surface area contributed by atoms with Gasteiger partial charge in [0.25, 0.3) is 5.97 Å². The number of guanidine groups is 1. The Kier molecular flexibility index (Phi) is 17.0. The normalized spacial score (nSPS) is 17.5. The zero-order valence-corrected chi connectivity index (χ0v) is 22.5. The molecule has 16 heteroatoms. The minimum atomic E-state index is -1.22. The number of aliphatic hydroxyl groups excluding tert-OH is 1. The molecule has 0 spiro atoms. The molecule has 1 saturated heterocycles. The number of carbonyl (C=O) groups is 5. The lowest BCUT2D eigenvalue weighted by Gasteiger charge is -2.30. The highest BCUT2D eigenvalue weighted by molar-refractivity contribution is 5.94. The number of rotatable bonds is 15. The van der Waals surface area contributed by atoms with E-state index in [4.69, 9.17) is 32.8 Å². The van der Waals surface area contributed by atoms with Gasteiger partial charge in [-0.25, -0.2) is 4.79 Å². The smallest absolute Gasteiger partial charge is 0.326 e. The SMILES string of the molecule is CC(=O)O.C[C@@H](O)[C@H](N)C(=O)N[C@@H](CCCCN)C(=O)N1CCC[C@H]1C(=O)N[C@@H](CCCN=C(N)N)C(=O)O. The highest BCUT2D eigenvalue weighted by Gasteiger charge is 2.39. The number of hydrogen-bond acceptors (Lipinski definition) is 9.